The minimum atomic E-state index is -0.322. The number of ether oxygens (including phenoxy) is 2. The van der Waals surface area contributed by atoms with Gasteiger partial charge in [-0.1, -0.05) is 18.2 Å². The summed E-state index contributed by atoms with van der Waals surface area (Å²) in [5.74, 6) is 1.61. The van der Waals surface area contributed by atoms with E-state index >= 15 is 0 Å². The Morgan fingerprint density at radius 1 is 1.00 bits per heavy atom. The van der Waals surface area contributed by atoms with Gasteiger partial charge in [0.25, 0.3) is 5.91 Å². The van der Waals surface area contributed by atoms with E-state index in [4.69, 9.17) is 9.47 Å². The number of carbonyl (C=O) groups is 1. The Kier molecular flexibility index (Phi) is 11.4. The van der Waals surface area contributed by atoms with Crippen LogP contribution in [0.1, 0.15) is 22.8 Å². The maximum absolute atomic E-state index is 12.1. The molecule has 8 nitrogen and oxygen atoms in total. The molecule has 0 fully saturated rings. The topological polar surface area (TPSA) is 104 Å². The van der Waals surface area contributed by atoms with Gasteiger partial charge in [-0.2, -0.15) is 0 Å². The van der Waals surface area contributed by atoms with E-state index in [-0.39, 0.29) is 41.2 Å². The second-order valence-corrected chi connectivity index (χ2v) is 6.08. The number of para-hydroxylation sites is 1. The molecule has 0 spiro atoms. The normalized spacial score (nSPS) is 10.6. The molecule has 2 rings (SSSR count). The summed E-state index contributed by atoms with van der Waals surface area (Å²) in [4.78, 5) is 16.6. The zero-order valence-electron chi connectivity index (χ0n) is 17.4. The van der Waals surface area contributed by atoms with Crippen LogP contribution in [0.15, 0.2) is 47.5 Å². The predicted molar refractivity (Wildman–Crippen MR) is 128 cm³/mol. The van der Waals surface area contributed by atoms with E-state index in [9.17, 15) is 9.90 Å². The molecule has 1 amide bonds. The Labute approximate surface area is 194 Å². The molecule has 0 saturated heterocycles. The van der Waals surface area contributed by atoms with Crippen molar-refractivity contribution in [1.29, 1.82) is 0 Å². The molecule has 0 bridgehead atoms. The molecule has 0 aliphatic heterocycles. The summed E-state index contributed by atoms with van der Waals surface area (Å²) in [6.07, 6.45) is 0. The van der Waals surface area contributed by atoms with Crippen LogP contribution in [0.3, 0.4) is 0 Å². The smallest absolute Gasteiger partial charge is 0.255 e. The largest absolute Gasteiger partial charge is 0.507 e. The molecular formula is C21H29IN4O4. The first-order chi connectivity index (χ1) is 14.1. The number of benzene rings is 2. The number of aliphatic imine (C=N–C) groups is 1. The standard InChI is InChI=1S/C21H28N4O4.HI/c1-4-22-21(25-14-15-9-10-18(28-2)19(13-15)29-3)24-12-11-23-20(27)16-7-5-6-8-17(16)26;/h5-10,13,26H,4,11-12,14H2,1-3H3,(H,23,27)(H2,22,24,25);1H. The monoisotopic (exact) mass is 528 g/mol. The second-order valence-electron chi connectivity index (χ2n) is 6.08. The van der Waals surface area contributed by atoms with Crippen LogP contribution >= 0.6 is 24.0 Å². The lowest BCUT2D eigenvalue weighted by atomic mass is 10.2. The van der Waals surface area contributed by atoms with Crippen LogP contribution in [0.25, 0.3) is 0 Å². The Balaban J connectivity index is 0.00000450. The molecule has 4 N–H and O–H groups in total. The SMILES string of the molecule is CCNC(=NCc1ccc(OC)c(OC)c1)NCCNC(=O)c1ccccc1O.I. The Bertz CT molecular complexity index is 846. The molecule has 0 radical (unpaired) electrons. The van der Waals surface area contributed by atoms with Crippen molar-refractivity contribution in [2.75, 3.05) is 33.9 Å². The van der Waals surface area contributed by atoms with Crippen molar-refractivity contribution in [3.05, 3.63) is 53.6 Å². The second kappa shape index (κ2) is 13.5. The molecule has 0 saturated carbocycles. The maximum Gasteiger partial charge on any atom is 0.255 e. The van der Waals surface area contributed by atoms with Gasteiger partial charge in [0.05, 0.1) is 26.3 Å². The minimum Gasteiger partial charge on any atom is -0.507 e. The van der Waals surface area contributed by atoms with Crippen LogP contribution in [-0.2, 0) is 6.54 Å². The molecule has 0 aliphatic carbocycles. The molecular weight excluding hydrogens is 499 g/mol. The average Bonchev–Trinajstić information content (AvgIpc) is 2.74. The van der Waals surface area contributed by atoms with Gasteiger partial charge >= 0.3 is 0 Å². The van der Waals surface area contributed by atoms with Gasteiger partial charge in [-0.15, -0.1) is 24.0 Å². The lowest BCUT2D eigenvalue weighted by molar-refractivity contribution is 0.0951. The number of methoxy groups -OCH3 is 2. The van der Waals surface area contributed by atoms with Crippen molar-refractivity contribution in [2.24, 2.45) is 4.99 Å². The molecule has 0 aromatic heterocycles. The van der Waals surface area contributed by atoms with Gasteiger partial charge in [-0.05, 0) is 36.8 Å². The number of nitrogens with zero attached hydrogens (tertiary/aromatic N) is 1. The van der Waals surface area contributed by atoms with Gasteiger partial charge in [0, 0.05) is 19.6 Å². The molecule has 0 unspecified atom stereocenters. The van der Waals surface area contributed by atoms with Crippen LogP contribution in [0.5, 0.6) is 17.2 Å². The highest BCUT2D eigenvalue weighted by atomic mass is 127. The van der Waals surface area contributed by atoms with E-state index in [0.717, 1.165) is 5.56 Å². The number of hydrogen-bond acceptors (Lipinski definition) is 5. The van der Waals surface area contributed by atoms with Crippen LogP contribution in [0, 0.1) is 0 Å². The first-order valence-corrected chi connectivity index (χ1v) is 9.38. The number of aromatic hydroxyl groups is 1. The Morgan fingerprint density at radius 2 is 1.70 bits per heavy atom. The summed E-state index contributed by atoms with van der Waals surface area (Å²) in [5, 5.41) is 18.8. The lowest BCUT2D eigenvalue weighted by Gasteiger charge is -2.13. The third-order valence-corrected chi connectivity index (χ3v) is 4.06. The predicted octanol–water partition coefficient (Wildman–Crippen LogP) is 2.51. The van der Waals surface area contributed by atoms with Gasteiger partial charge < -0.3 is 30.5 Å². The fourth-order valence-electron chi connectivity index (χ4n) is 2.61. The van der Waals surface area contributed by atoms with E-state index in [0.29, 0.717) is 43.6 Å². The van der Waals surface area contributed by atoms with E-state index in [1.807, 2.05) is 25.1 Å². The van der Waals surface area contributed by atoms with Gasteiger partial charge in [-0.25, -0.2) is 4.99 Å². The number of rotatable bonds is 9. The first kappa shape index (κ1) is 25.3. The van der Waals surface area contributed by atoms with E-state index in [2.05, 4.69) is 20.9 Å². The summed E-state index contributed by atoms with van der Waals surface area (Å²) >= 11 is 0. The minimum absolute atomic E-state index is 0. The van der Waals surface area contributed by atoms with Gasteiger partial charge in [0.2, 0.25) is 0 Å². The summed E-state index contributed by atoms with van der Waals surface area (Å²) < 4.78 is 10.6. The van der Waals surface area contributed by atoms with Crippen LogP contribution in [0.2, 0.25) is 0 Å². The fraction of sp³-hybridized carbons (Fsp3) is 0.333. The highest BCUT2D eigenvalue weighted by molar-refractivity contribution is 14.0. The van der Waals surface area contributed by atoms with Crippen molar-refractivity contribution in [3.63, 3.8) is 0 Å². The first-order valence-electron chi connectivity index (χ1n) is 9.38. The summed E-state index contributed by atoms with van der Waals surface area (Å²) in [5.41, 5.74) is 1.23. The quantitative estimate of drug-likeness (QED) is 0.173. The molecule has 2 aromatic carbocycles. The van der Waals surface area contributed by atoms with Crippen molar-refractivity contribution in [3.8, 4) is 17.2 Å². The molecule has 0 atom stereocenters. The number of phenolic OH excluding ortho intramolecular Hbond substituents is 1. The number of guanidine groups is 1. The van der Waals surface area contributed by atoms with E-state index in [1.54, 1.807) is 32.4 Å². The zero-order valence-corrected chi connectivity index (χ0v) is 19.7. The summed E-state index contributed by atoms with van der Waals surface area (Å²) in [7, 11) is 3.20. The maximum atomic E-state index is 12.1. The van der Waals surface area contributed by atoms with Crippen molar-refractivity contribution >= 4 is 35.8 Å². The number of carbonyl (C=O) groups excluding carboxylic acids is 1. The van der Waals surface area contributed by atoms with Gasteiger partial charge in [0.15, 0.2) is 17.5 Å². The fourth-order valence-corrected chi connectivity index (χ4v) is 2.61. The number of hydrogen-bond donors (Lipinski definition) is 4. The zero-order chi connectivity index (χ0) is 21.1. The average molecular weight is 528 g/mol. The molecule has 0 aliphatic rings. The third kappa shape index (κ3) is 7.62. The molecule has 0 heterocycles. The summed E-state index contributed by atoms with van der Waals surface area (Å²) in [6, 6.07) is 12.1. The van der Waals surface area contributed by atoms with E-state index < -0.39 is 0 Å². The number of halogens is 1. The highest BCUT2D eigenvalue weighted by Gasteiger charge is 2.09. The number of phenols is 1. The highest BCUT2D eigenvalue weighted by Crippen LogP contribution is 2.27. The van der Waals surface area contributed by atoms with Crippen molar-refractivity contribution < 1.29 is 19.4 Å². The Morgan fingerprint density at radius 3 is 2.37 bits per heavy atom. The molecule has 164 valence electrons. The van der Waals surface area contributed by atoms with Crippen LogP contribution in [-0.4, -0.2) is 50.8 Å². The van der Waals surface area contributed by atoms with Gasteiger partial charge in [0.1, 0.15) is 5.75 Å². The Hall–Kier alpha value is -2.69. The molecule has 2 aromatic rings. The van der Waals surface area contributed by atoms with Crippen LogP contribution in [0.4, 0.5) is 0 Å². The van der Waals surface area contributed by atoms with E-state index in [1.165, 1.54) is 6.07 Å². The number of amides is 1. The van der Waals surface area contributed by atoms with Crippen LogP contribution < -0.4 is 25.4 Å². The molecule has 9 heteroatoms. The lowest BCUT2D eigenvalue weighted by Crippen LogP contribution is -2.41. The van der Waals surface area contributed by atoms with Crippen molar-refractivity contribution in [2.45, 2.75) is 13.5 Å². The van der Waals surface area contributed by atoms with Gasteiger partial charge in [-0.3, -0.25) is 4.79 Å². The number of nitrogens with one attached hydrogen (secondary N) is 3. The molecule has 30 heavy (non-hydrogen) atoms. The van der Waals surface area contributed by atoms with Crippen molar-refractivity contribution in [1.82, 2.24) is 16.0 Å². The summed E-state index contributed by atoms with van der Waals surface area (Å²) in [6.45, 7) is 4.01. The third-order valence-electron chi connectivity index (χ3n) is 4.06.